The van der Waals surface area contributed by atoms with Crippen LogP contribution < -0.4 is 9.64 Å². The third-order valence-electron chi connectivity index (χ3n) is 4.74. The van der Waals surface area contributed by atoms with Crippen LogP contribution in [0.3, 0.4) is 0 Å². The molecular formula is C23H19ClN2O2S. The second-order valence-electron chi connectivity index (χ2n) is 6.57. The Morgan fingerprint density at radius 2 is 1.83 bits per heavy atom. The fourth-order valence-electron chi connectivity index (χ4n) is 3.23. The lowest BCUT2D eigenvalue weighted by atomic mass is 10.1. The summed E-state index contributed by atoms with van der Waals surface area (Å²) in [6, 6.07) is 21.0. The molecule has 0 fully saturated rings. The van der Waals surface area contributed by atoms with E-state index >= 15 is 0 Å². The maximum absolute atomic E-state index is 13.5. The Labute approximate surface area is 178 Å². The first kappa shape index (κ1) is 19.4. The summed E-state index contributed by atoms with van der Waals surface area (Å²) in [4.78, 5) is 19.9. The van der Waals surface area contributed by atoms with Gasteiger partial charge in [-0.15, -0.1) is 0 Å². The van der Waals surface area contributed by atoms with Crippen molar-refractivity contribution in [3.63, 3.8) is 0 Å². The number of rotatable bonds is 5. The van der Waals surface area contributed by atoms with Crippen LogP contribution >= 0.6 is 22.9 Å². The van der Waals surface area contributed by atoms with Crippen LogP contribution in [-0.2, 0) is 11.2 Å². The lowest BCUT2D eigenvalue weighted by Gasteiger charge is -2.23. The summed E-state index contributed by atoms with van der Waals surface area (Å²) in [5.41, 5.74) is 3.26. The highest BCUT2D eigenvalue weighted by Gasteiger charge is 2.25. The predicted octanol–water partition coefficient (Wildman–Crippen LogP) is 6.17. The number of ether oxygens (including phenoxy) is 1. The van der Waals surface area contributed by atoms with Crippen molar-refractivity contribution in [1.82, 2.24) is 4.98 Å². The molecule has 3 aromatic carbocycles. The number of anilines is 2. The van der Waals surface area contributed by atoms with Gasteiger partial charge in [0.2, 0.25) is 5.91 Å². The molecule has 4 rings (SSSR count). The van der Waals surface area contributed by atoms with E-state index in [0.29, 0.717) is 15.9 Å². The van der Waals surface area contributed by atoms with E-state index in [1.165, 1.54) is 11.3 Å². The normalized spacial score (nSPS) is 10.9. The predicted molar refractivity (Wildman–Crippen MR) is 120 cm³/mol. The number of halogens is 1. The summed E-state index contributed by atoms with van der Waals surface area (Å²) in [5, 5.41) is 1.23. The molecule has 4 aromatic rings. The number of hydrogen-bond acceptors (Lipinski definition) is 4. The van der Waals surface area contributed by atoms with E-state index < -0.39 is 0 Å². The van der Waals surface area contributed by atoms with Gasteiger partial charge in [0.25, 0.3) is 0 Å². The van der Waals surface area contributed by atoms with Crippen LogP contribution in [-0.4, -0.2) is 18.0 Å². The second-order valence-corrected chi connectivity index (χ2v) is 7.98. The highest BCUT2D eigenvalue weighted by atomic mass is 35.5. The molecule has 0 unspecified atom stereocenters. The third-order valence-corrected chi connectivity index (χ3v) is 6.17. The first-order chi connectivity index (χ1) is 14.1. The molecule has 29 heavy (non-hydrogen) atoms. The van der Waals surface area contributed by atoms with E-state index in [4.69, 9.17) is 21.3 Å². The van der Waals surface area contributed by atoms with E-state index in [1.807, 2.05) is 73.7 Å². The third kappa shape index (κ3) is 3.84. The lowest BCUT2D eigenvalue weighted by Crippen LogP contribution is -2.28. The minimum absolute atomic E-state index is 0.0982. The number of aromatic nitrogens is 1. The maximum Gasteiger partial charge on any atom is 0.237 e. The number of methoxy groups -OCH3 is 1. The molecule has 6 heteroatoms. The zero-order valence-corrected chi connectivity index (χ0v) is 17.6. The van der Waals surface area contributed by atoms with Gasteiger partial charge in [-0.25, -0.2) is 4.98 Å². The summed E-state index contributed by atoms with van der Waals surface area (Å²) in [6.45, 7) is 1.91. The lowest BCUT2D eigenvalue weighted by molar-refractivity contribution is -0.117. The fraction of sp³-hybridized carbons (Fsp3) is 0.130. The van der Waals surface area contributed by atoms with Crippen molar-refractivity contribution in [3.05, 3.63) is 82.9 Å². The van der Waals surface area contributed by atoms with E-state index in [1.54, 1.807) is 12.0 Å². The Morgan fingerprint density at radius 3 is 2.62 bits per heavy atom. The minimum atomic E-state index is -0.0982. The SMILES string of the molecule is COc1ccccc1CC(=O)N(c1nc2ccccc2s1)c1cccc(Cl)c1C. The number of thiazole rings is 1. The van der Waals surface area contributed by atoms with Gasteiger partial charge in [0.1, 0.15) is 5.75 Å². The van der Waals surface area contributed by atoms with Gasteiger partial charge in [-0.05, 0) is 42.8 Å². The van der Waals surface area contributed by atoms with Gasteiger partial charge in [0, 0.05) is 10.6 Å². The van der Waals surface area contributed by atoms with Gasteiger partial charge in [0.15, 0.2) is 5.13 Å². The molecule has 1 heterocycles. The van der Waals surface area contributed by atoms with E-state index in [9.17, 15) is 4.79 Å². The summed E-state index contributed by atoms with van der Waals surface area (Å²) in [6.07, 6.45) is 0.186. The summed E-state index contributed by atoms with van der Waals surface area (Å²) in [7, 11) is 1.61. The molecule has 0 bridgehead atoms. The molecule has 0 atom stereocenters. The maximum atomic E-state index is 13.5. The molecule has 0 saturated carbocycles. The zero-order chi connectivity index (χ0) is 20.4. The molecule has 0 aliphatic rings. The van der Waals surface area contributed by atoms with Crippen molar-refractivity contribution in [2.45, 2.75) is 13.3 Å². The molecule has 0 spiro atoms. The number of fused-ring (bicyclic) bond motifs is 1. The summed E-state index contributed by atoms with van der Waals surface area (Å²) < 4.78 is 6.45. The van der Waals surface area contributed by atoms with Gasteiger partial charge < -0.3 is 4.74 Å². The van der Waals surface area contributed by atoms with Crippen LogP contribution in [0.2, 0.25) is 5.02 Å². The molecule has 0 radical (unpaired) electrons. The standard InChI is InChI=1S/C23H19ClN2O2S/c1-15-17(24)9-7-11-19(15)26(23-25-18-10-4-6-13-21(18)29-23)22(27)14-16-8-3-5-12-20(16)28-2/h3-13H,14H2,1-2H3. The van der Waals surface area contributed by atoms with Crippen LogP contribution in [0.4, 0.5) is 10.8 Å². The van der Waals surface area contributed by atoms with Crippen LogP contribution in [0.1, 0.15) is 11.1 Å². The van der Waals surface area contributed by atoms with Gasteiger partial charge in [0.05, 0.1) is 29.4 Å². The fourth-order valence-corrected chi connectivity index (χ4v) is 4.40. The Bertz CT molecular complexity index is 1160. The number of amides is 1. The molecule has 0 aliphatic carbocycles. The molecule has 4 nitrogen and oxygen atoms in total. The Morgan fingerprint density at radius 1 is 1.07 bits per heavy atom. The monoisotopic (exact) mass is 422 g/mol. The van der Waals surface area contributed by atoms with Gasteiger partial charge >= 0.3 is 0 Å². The number of benzene rings is 3. The minimum Gasteiger partial charge on any atom is -0.496 e. The number of carbonyl (C=O) groups excluding carboxylic acids is 1. The van der Waals surface area contributed by atoms with Gasteiger partial charge in [-0.1, -0.05) is 59.3 Å². The van der Waals surface area contributed by atoms with Crippen molar-refractivity contribution >= 4 is 49.9 Å². The molecule has 1 amide bonds. The molecule has 0 N–H and O–H groups in total. The Kier molecular flexibility index (Phi) is 5.51. The molecule has 0 saturated heterocycles. The average molecular weight is 423 g/mol. The quantitative estimate of drug-likeness (QED) is 0.386. The van der Waals surface area contributed by atoms with Crippen LogP contribution in [0.25, 0.3) is 10.2 Å². The van der Waals surface area contributed by atoms with Crippen molar-refractivity contribution in [2.24, 2.45) is 0 Å². The highest BCUT2D eigenvalue weighted by molar-refractivity contribution is 7.22. The molecule has 146 valence electrons. The number of para-hydroxylation sites is 2. The topological polar surface area (TPSA) is 42.4 Å². The summed E-state index contributed by atoms with van der Waals surface area (Å²) >= 11 is 7.84. The molecular weight excluding hydrogens is 404 g/mol. The van der Waals surface area contributed by atoms with Gasteiger partial charge in [-0.3, -0.25) is 9.69 Å². The highest BCUT2D eigenvalue weighted by Crippen LogP contribution is 2.37. The Balaban J connectivity index is 1.81. The zero-order valence-electron chi connectivity index (χ0n) is 16.1. The van der Waals surface area contributed by atoms with Crippen molar-refractivity contribution in [1.29, 1.82) is 0 Å². The van der Waals surface area contributed by atoms with E-state index in [0.717, 1.165) is 27.0 Å². The van der Waals surface area contributed by atoms with Crippen LogP contribution in [0.5, 0.6) is 5.75 Å². The number of carbonyl (C=O) groups is 1. The van der Waals surface area contributed by atoms with Crippen LogP contribution in [0.15, 0.2) is 66.7 Å². The average Bonchev–Trinajstić information content (AvgIpc) is 3.15. The first-order valence-electron chi connectivity index (χ1n) is 9.14. The van der Waals surface area contributed by atoms with Crippen molar-refractivity contribution in [3.8, 4) is 5.75 Å². The van der Waals surface area contributed by atoms with Crippen molar-refractivity contribution in [2.75, 3.05) is 12.0 Å². The Hall–Kier alpha value is -2.89. The first-order valence-corrected chi connectivity index (χ1v) is 10.3. The second kappa shape index (κ2) is 8.23. The smallest absolute Gasteiger partial charge is 0.237 e. The van der Waals surface area contributed by atoms with E-state index in [2.05, 4.69) is 0 Å². The van der Waals surface area contributed by atoms with Gasteiger partial charge in [-0.2, -0.15) is 0 Å². The largest absolute Gasteiger partial charge is 0.496 e. The van der Waals surface area contributed by atoms with Crippen molar-refractivity contribution < 1.29 is 9.53 Å². The summed E-state index contributed by atoms with van der Waals surface area (Å²) in [5.74, 6) is 0.590. The van der Waals surface area contributed by atoms with E-state index in [-0.39, 0.29) is 12.3 Å². The molecule has 0 aliphatic heterocycles. The number of hydrogen-bond donors (Lipinski definition) is 0. The molecule has 1 aromatic heterocycles. The number of nitrogens with zero attached hydrogens (tertiary/aromatic N) is 2. The van der Waals surface area contributed by atoms with Crippen LogP contribution in [0, 0.1) is 6.92 Å².